The van der Waals surface area contributed by atoms with Gasteiger partial charge in [-0.25, -0.2) is 9.67 Å². The molecule has 29 heavy (non-hydrogen) atoms. The molecule has 0 aliphatic rings. The second kappa shape index (κ2) is 7.93. The molecule has 0 saturated heterocycles. The molecule has 0 spiro atoms. The smallest absolute Gasteiger partial charge is 0.254 e. The van der Waals surface area contributed by atoms with Gasteiger partial charge < -0.3 is 10.1 Å². The minimum absolute atomic E-state index is 0.276. The van der Waals surface area contributed by atoms with E-state index in [9.17, 15) is 4.79 Å². The molecule has 146 valence electrons. The second-order valence-corrected chi connectivity index (χ2v) is 6.93. The van der Waals surface area contributed by atoms with Crippen molar-refractivity contribution in [3.63, 3.8) is 0 Å². The lowest BCUT2D eigenvalue weighted by molar-refractivity contribution is 0.0951. The van der Waals surface area contributed by atoms with Gasteiger partial charge in [0.1, 0.15) is 5.75 Å². The van der Waals surface area contributed by atoms with Crippen molar-refractivity contribution in [2.45, 2.75) is 13.5 Å². The first-order valence-corrected chi connectivity index (χ1v) is 9.46. The first-order chi connectivity index (χ1) is 14.1. The van der Waals surface area contributed by atoms with Crippen molar-refractivity contribution in [1.29, 1.82) is 0 Å². The zero-order valence-electron chi connectivity index (χ0n) is 16.0. The molecular formula is C22H19ClN4O2. The lowest BCUT2D eigenvalue weighted by Gasteiger charge is -2.08. The Morgan fingerprint density at radius 3 is 2.72 bits per heavy atom. The van der Waals surface area contributed by atoms with Crippen molar-refractivity contribution in [1.82, 2.24) is 20.1 Å². The van der Waals surface area contributed by atoms with Crippen LogP contribution in [0.3, 0.4) is 0 Å². The molecule has 2 aromatic heterocycles. The summed E-state index contributed by atoms with van der Waals surface area (Å²) in [5.41, 5.74) is 3.40. The van der Waals surface area contributed by atoms with Gasteiger partial charge in [0.15, 0.2) is 5.65 Å². The third-order valence-corrected chi connectivity index (χ3v) is 5.04. The fourth-order valence-corrected chi connectivity index (χ4v) is 3.52. The van der Waals surface area contributed by atoms with Gasteiger partial charge in [-0.05, 0) is 24.6 Å². The van der Waals surface area contributed by atoms with E-state index < -0.39 is 0 Å². The van der Waals surface area contributed by atoms with Gasteiger partial charge in [-0.15, -0.1) is 0 Å². The number of aryl methyl sites for hydroxylation is 1. The highest BCUT2D eigenvalue weighted by atomic mass is 35.5. The molecule has 1 N–H and O–H groups in total. The molecule has 0 radical (unpaired) electrons. The van der Waals surface area contributed by atoms with Crippen LogP contribution in [0, 0.1) is 6.92 Å². The Labute approximate surface area is 173 Å². The average Bonchev–Trinajstić information content (AvgIpc) is 3.10. The van der Waals surface area contributed by atoms with Gasteiger partial charge in [-0.3, -0.25) is 4.79 Å². The zero-order valence-corrected chi connectivity index (χ0v) is 16.8. The molecule has 0 aliphatic carbocycles. The lowest BCUT2D eigenvalue weighted by Crippen LogP contribution is -2.23. The van der Waals surface area contributed by atoms with Crippen molar-refractivity contribution in [2.75, 3.05) is 7.11 Å². The Hall–Kier alpha value is -3.38. The van der Waals surface area contributed by atoms with Crippen LogP contribution >= 0.6 is 11.6 Å². The first kappa shape index (κ1) is 19.0. The van der Waals surface area contributed by atoms with Crippen LogP contribution in [-0.2, 0) is 6.54 Å². The first-order valence-electron chi connectivity index (χ1n) is 9.09. The molecule has 0 aliphatic heterocycles. The van der Waals surface area contributed by atoms with Gasteiger partial charge in [-0.2, -0.15) is 5.10 Å². The number of hydrogen-bond donors (Lipinski definition) is 1. The standard InChI is InChI=1S/C22H19ClN4O2/c1-14-19-20(23)18(22(28)25-12-15-7-4-3-5-8-15)13-24-21(19)27(26-14)16-9-6-10-17(11-16)29-2/h3-11,13H,12H2,1-2H3,(H,25,28). The van der Waals surface area contributed by atoms with Crippen LogP contribution in [0.4, 0.5) is 0 Å². The van der Waals surface area contributed by atoms with E-state index in [1.165, 1.54) is 6.20 Å². The summed E-state index contributed by atoms with van der Waals surface area (Å²) in [6, 6.07) is 17.2. The quantitative estimate of drug-likeness (QED) is 0.536. The maximum atomic E-state index is 12.7. The van der Waals surface area contributed by atoms with Crippen LogP contribution in [0.15, 0.2) is 60.8 Å². The summed E-state index contributed by atoms with van der Waals surface area (Å²) in [6.07, 6.45) is 1.49. The van der Waals surface area contributed by atoms with Gasteiger partial charge in [0.05, 0.1) is 34.5 Å². The molecule has 7 heteroatoms. The topological polar surface area (TPSA) is 69.0 Å². The molecule has 4 rings (SSSR count). The number of halogens is 1. The Bertz CT molecular complexity index is 1190. The summed E-state index contributed by atoms with van der Waals surface area (Å²) in [7, 11) is 1.61. The van der Waals surface area contributed by atoms with Gasteiger partial charge in [0, 0.05) is 18.8 Å². The van der Waals surface area contributed by atoms with Crippen LogP contribution < -0.4 is 10.1 Å². The molecule has 0 unspecified atom stereocenters. The number of benzene rings is 2. The minimum Gasteiger partial charge on any atom is -0.497 e. The minimum atomic E-state index is -0.276. The molecule has 0 bridgehead atoms. The summed E-state index contributed by atoms with van der Waals surface area (Å²) in [4.78, 5) is 17.2. The Kier molecular flexibility index (Phi) is 5.18. The van der Waals surface area contributed by atoms with Gasteiger partial charge in [0.25, 0.3) is 5.91 Å². The number of carbonyl (C=O) groups excluding carboxylic acids is 1. The normalized spacial score (nSPS) is 10.9. The van der Waals surface area contributed by atoms with Crippen molar-refractivity contribution < 1.29 is 9.53 Å². The molecule has 0 atom stereocenters. The zero-order chi connectivity index (χ0) is 20.4. The highest BCUT2D eigenvalue weighted by molar-refractivity contribution is 6.38. The van der Waals surface area contributed by atoms with E-state index in [0.717, 1.165) is 11.3 Å². The third kappa shape index (κ3) is 3.67. The molecule has 0 fully saturated rings. The molecule has 1 amide bonds. The lowest BCUT2D eigenvalue weighted by atomic mass is 10.1. The predicted molar refractivity (Wildman–Crippen MR) is 113 cm³/mol. The average molecular weight is 407 g/mol. The van der Waals surface area contributed by atoms with Crippen LogP contribution in [0.2, 0.25) is 5.02 Å². The van der Waals surface area contributed by atoms with Crippen LogP contribution in [-0.4, -0.2) is 27.8 Å². The number of hydrogen-bond acceptors (Lipinski definition) is 4. The molecule has 0 saturated carbocycles. The van der Waals surface area contributed by atoms with Crippen molar-refractivity contribution in [2.24, 2.45) is 0 Å². The van der Waals surface area contributed by atoms with Crippen LogP contribution in [0.25, 0.3) is 16.7 Å². The molecule has 4 aromatic rings. The number of fused-ring (bicyclic) bond motifs is 1. The fraction of sp³-hybridized carbons (Fsp3) is 0.136. The molecule has 2 heterocycles. The number of nitrogens with zero attached hydrogens (tertiary/aromatic N) is 3. The van der Waals surface area contributed by atoms with Gasteiger partial charge in [-0.1, -0.05) is 48.0 Å². The van der Waals surface area contributed by atoms with Gasteiger partial charge in [0.2, 0.25) is 0 Å². The number of rotatable bonds is 5. The maximum absolute atomic E-state index is 12.7. The van der Waals surface area contributed by atoms with E-state index in [4.69, 9.17) is 16.3 Å². The summed E-state index contributed by atoms with van der Waals surface area (Å²) >= 11 is 6.60. The number of nitrogens with one attached hydrogen (secondary N) is 1. The van der Waals surface area contributed by atoms with E-state index in [1.807, 2.05) is 61.5 Å². The molecule has 6 nitrogen and oxygen atoms in total. The largest absolute Gasteiger partial charge is 0.497 e. The Morgan fingerprint density at radius 2 is 1.97 bits per heavy atom. The highest BCUT2D eigenvalue weighted by Gasteiger charge is 2.20. The van der Waals surface area contributed by atoms with Gasteiger partial charge >= 0.3 is 0 Å². The predicted octanol–water partition coefficient (Wildman–Crippen LogP) is 4.32. The summed E-state index contributed by atoms with van der Waals surface area (Å²) in [6.45, 7) is 2.26. The SMILES string of the molecule is COc1cccc(-n2nc(C)c3c(Cl)c(C(=O)NCc4ccccc4)cnc32)c1. The summed E-state index contributed by atoms with van der Waals surface area (Å²) in [5, 5.41) is 8.45. The van der Waals surface area contributed by atoms with E-state index in [2.05, 4.69) is 15.4 Å². The Morgan fingerprint density at radius 1 is 1.17 bits per heavy atom. The van der Waals surface area contributed by atoms with Crippen LogP contribution in [0.1, 0.15) is 21.6 Å². The number of methoxy groups -OCH3 is 1. The number of amides is 1. The maximum Gasteiger partial charge on any atom is 0.254 e. The Balaban J connectivity index is 1.69. The molecule has 2 aromatic carbocycles. The number of aromatic nitrogens is 3. The van der Waals surface area contributed by atoms with Crippen molar-refractivity contribution >= 4 is 28.5 Å². The highest BCUT2D eigenvalue weighted by Crippen LogP contribution is 2.30. The van der Waals surface area contributed by atoms with E-state index >= 15 is 0 Å². The number of carbonyl (C=O) groups is 1. The second-order valence-electron chi connectivity index (χ2n) is 6.55. The van der Waals surface area contributed by atoms with Crippen molar-refractivity contribution in [3.8, 4) is 11.4 Å². The number of ether oxygens (including phenoxy) is 1. The van der Waals surface area contributed by atoms with Crippen molar-refractivity contribution in [3.05, 3.63) is 82.6 Å². The molecular weight excluding hydrogens is 388 g/mol. The fourth-order valence-electron chi connectivity index (χ4n) is 3.16. The third-order valence-electron chi connectivity index (χ3n) is 4.65. The summed E-state index contributed by atoms with van der Waals surface area (Å²) in [5.74, 6) is 0.439. The number of pyridine rings is 1. The monoisotopic (exact) mass is 406 g/mol. The van der Waals surface area contributed by atoms with E-state index in [1.54, 1.807) is 11.8 Å². The van der Waals surface area contributed by atoms with E-state index in [-0.39, 0.29) is 5.91 Å². The van der Waals surface area contributed by atoms with Crippen LogP contribution in [0.5, 0.6) is 5.75 Å². The van der Waals surface area contributed by atoms with E-state index in [0.29, 0.717) is 39.6 Å². The summed E-state index contributed by atoms with van der Waals surface area (Å²) < 4.78 is 6.99.